The summed E-state index contributed by atoms with van der Waals surface area (Å²) in [6.07, 6.45) is 30.9. The first kappa shape index (κ1) is 103. The van der Waals surface area contributed by atoms with Crippen LogP contribution in [0.5, 0.6) is 11.5 Å². The van der Waals surface area contributed by atoms with Gasteiger partial charge in [0.25, 0.3) is 5.91 Å². The molecule has 13 aromatic heterocycles. The van der Waals surface area contributed by atoms with E-state index in [1.165, 1.54) is 127 Å². The van der Waals surface area contributed by atoms with Gasteiger partial charge in [0.05, 0.1) is 59.5 Å². The van der Waals surface area contributed by atoms with Gasteiger partial charge in [-0.1, -0.05) is 95.0 Å². The van der Waals surface area contributed by atoms with Crippen LogP contribution in [0.2, 0.25) is 15.1 Å². The number of benzene rings is 5. The lowest BCUT2D eigenvalue weighted by Crippen LogP contribution is -2.22. The third kappa shape index (κ3) is 27.4. The standard InChI is InChI=1S/C19H17ClN4O3.C19H19N3O3.C18H16ClN3O3.C18H16ClN3O2.C16H13N3O2.C15H12N4O2/c1-21-18(25)16-11-23-17(15-10-13(19(26)27)6-8-22-15)24(16)9-7-12-2-4-14(20)5-3-12;1-13-3-4-14(17(11-13)25-2)6-9-22-10-8-21-18(22)16-12-15(19(23)24)5-7-20-16;1-25-16-11-14(19)3-2-12(16)5-8-22-9-7-21-17(22)15-10-13(18(23)24)4-6-20-15;1-12-10-15(19)3-2-13(12)5-8-22-9-7-21-17(22)16-11-14(18(23)24)4-6-20-16;1-11-2-4-13(5-3-11)19-9-8-18-15(19)14-10-12(16(20)21)6-7-17-14;1-19-9-13(11-4-2-3-6-16-11)18-14(19)12-8-10(15(20)21)5-7-17-12/h2-6,8,10-11H,7,9H2,1H3,(H,21,25)(H,26,27);3-5,7-8,10-12H,6,9H2,1-2H3,(H,23,24);2-4,6-7,9-11H,5,8H2,1H3,(H,23,24);2-4,6-7,9-11H,5,8H2,1H3,(H,23,24);2-10H,1H3,(H,20,21);2-9H,1H3,(H,20,21). The number of carbonyl (C=O) groups is 7. The van der Waals surface area contributed by atoms with Gasteiger partial charge in [-0.2, -0.15) is 0 Å². The van der Waals surface area contributed by atoms with Gasteiger partial charge in [-0.15, -0.1) is 0 Å². The monoisotopic (exact) mass is 1980 g/mol. The number of imidazole rings is 6. The van der Waals surface area contributed by atoms with E-state index >= 15 is 0 Å². The van der Waals surface area contributed by atoms with Gasteiger partial charge in [-0.05, 0) is 219 Å². The van der Waals surface area contributed by atoms with Crippen LogP contribution in [0.25, 0.3) is 86.2 Å². The van der Waals surface area contributed by atoms with Crippen molar-refractivity contribution in [2.24, 2.45) is 7.05 Å². The van der Waals surface area contributed by atoms with Crippen LogP contribution in [0.3, 0.4) is 0 Å². The molecule has 7 N–H and O–H groups in total. The Kier molecular flexibility index (Phi) is 35.1. The second-order valence-corrected chi connectivity index (χ2v) is 33.0. The van der Waals surface area contributed by atoms with Gasteiger partial charge in [0, 0.05) is 160 Å². The van der Waals surface area contributed by atoms with Gasteiger partial charge in [-0.25, -0.2) is 58.7 Å². The summed E-state index contributed by atoms with van der Waals surface area (Å²) in [7, 11) is 6.66. The minimum absolute atomic E-state index is 0.105. The average molecular weight is 1980 g/mol. The van der Waals surface area contributed by atoms with Crippen molar-refractivity contribution in [3.05, 3.63) is 393 Å². The number of aromatic carboxylic acids is 6. The van der Waals surface area contributed by atoms with Crippen LogP contribution in [0.4, 0.5) is 0 Å². The third-order valence-electron chi connectivity index (χ3n) is 22.0. The molecule has 1 amide bonds. The number of nitrogens with one attached hydrogen (secondary N) is 1. The van der Waals surface area contributed by atoms with Crippen molar-refractivity contribution in [1.29, 1.82) is 0 Å². The highest BCUT2D eigenvalue weighted by molar-refractivity contribution is 6.31. The van der Waals surface area contributed by atoms with Crippen molar-refractivity contribution < 1.29 is 73.7 Å². The zero-order valence-corrected chi connectivity index (χ0v) is 80.2. The molecule has 18 rings (SSSR count). The number of pyridine rings is 7. The molecule has 0 spiro atoms. The number of hydrogen-bond donors (Lipinski definition) is 7. The van der Waals surface area contributed by atoms with Crippen LogP contribution in [-0.4, -0.2) is 186 Å². The highest BCUT2D eigenvalue weighted by atomic mass is 35.5. The smallest absolute Gasteiger partial charge is 0.335 e. The molecule has 0 aliphatic carbocycles. The quantitative estimate of drug-likeness (QED) is 0.0229. The molecule has 5 aromatic carbocycles. The number of ether oxygens (including phenoxy) is 2. The third-order valence-corrected chi connectivity index (χ3v) is 22.8. The minimum atomic E-state index is -1.05. The Morgan fingerprint density at radius 3 is 1.16 bits per heavy atom. The number of amides is 1. The fourth-order valence-electron chi connectivity index (χ4n) is 14.7. The number of hydrogen-bond acceptors (Lipinski definition) is 22. The summed E-state index contributed by atoms with van der Waals surface area (Å²) in [6.45, 7) is 8.61. The van der Waals surface area contributed by atoms with E-state index < -0.39 is 35.8 Å². The molecule has 0 aliphatic rings. The van der Waals surface area contributed by atoms with Crippen molar-refractivity contribution in [1.82, 2.24) is 97.5 Å². The number of aryl methyl sites for hydroxylation is 11. The lowest BCUT2D eigenvalue weighted by molar-refractivity contribution is 0.0686. The Hall–Kier alpha value is -17.8. The average Bonchev–Trinajstić information content (AvgIpc) is 1.61. The Labute approximate surface area is 833 Å². The number of carboxylic acids is 6. The molecular formula is C105H93Cl3N20O15. The number of nitrogens with zero attached hydrogens (tertiary/aromatic N) is 19. The summed E-state index contributed by atoms with van der Waals surface area (Å²) in [5.41, 5.74) is 14.8. The topological polar surface area (TPSA) is 469 Å². The van der Waals surface area contributed by atoms with E-state index in [0.29, 0.717) is 117 Å². The van der Waals surface area contributed by atoms with Gasteiger partial charge in [0.2, 0.25) is 0 Å². The summed E-state index contributed by atoms with van der Waals surface area (Å²) in [4.78, 5) is 135. The number of halogens is 3. The van der Waals surface area contributed by atoms with Gasteiger partial charge >= 0.3 is 35.8 Å². The molecule has 38 heteroatoms. The van der Waals surface area contributed by atoms with Gasteiger partial charge in [0.1, 0.15) is 57.1 Å². The highest BCUT2D eigenvalue weighted by Gasteiger charge is 2.23. The maximum absolute atomic E-state index is 12.2. The molecule has 0 saturated carbocycles. The van der Waals surface area contributed by atoms with Crippen molar-refractivity contribution in [3.63, 3.8) is 0 Å². The fraction of sp³-hybridized carbons (Fsp3) is 0.143. The highest BCUT2D eigenvalue weighted by Crippen LogP contribution is 2.31. The molecule has 0 bridgehead atoms. The van der Waals surface area contributed by atoms with Crippen molar-refractivity contribution in [2.45, 2.75) is 72.6 Å². The molecule has 0 atom stereocenters. The molecule has 0 fully saturated rings. The molecule has 18 aromatic rings. The number of carbonyl (C=O) groups excluding carboxylic acids is 1. The van der Waals surface area contributed by atoms with E-state index in [0.717, 1.165) is 80.8 Å². The molecular weight excluding hydrogens is 1890 g/mol. The first-order valence-corrected chi connectivity index (χ1v) is 45.1. The minimum Gasteiger partial charge on any atom is -0.496 e. The second-order valence-electron chi connectivity index (χ2n) is 31.6. The van der Waals surface area contributed by atoms with Crippen molar-refractivity contribution >= 4 is 76.5 Å². The van der Waals surface area contributed by atoms with Crippen LogP contribution in [-0.2, 0) is 58.9 Å². The lowest BCUT2D eigenvalue weighted by atomic mass is 10.1. The molecule has 0 radical (unpaired) electrons. The van der Waals surface area contributed by atoms with Gasteiger partial charge in [0.15, 0.2) is 34.9 Å². The summed E-state index contributed by atoms with van der Waals surface area (Å²) >= 11 is 17.9. The van der Waals surface area contributed by atoms with Crippen molar-refractivity contribution in [2.75, 3.05) is 21.3 Å². The normalized spacial score (nSPS) is 10.6. The molecule has 143 heavy (non-hydrogen) atoms. The molecule has 13 heterocycles. The van der Waals surface area contributed by atoms with E-state index in [2.05, 4.69) is 82.2 Å². The van der Waals surface area contributed by atoms with Gasteiger partial charge < -0.3 is 68.3 Å². The van der Waals surface area contributed by atoms with Crippen LogP contribution in [0, 0.1) is 20.8 Å². The zero-order valence-electron chi connectivity index (χ0n) is 77.9. The maximum Gasteiger partial charge on any atom is 0.335 e. The number of aromatic nitrogens is 19. The van der Waals surface area contributed by atoms with E-state index in [1.54, 1.807) is 67.5 Å². The Bertz CT molecular complexity index is 7400. The Balaban J connectivity index is 0.000000144. The van der Waals surface area contributed by atoms with Crippen LogP contribution in [0.15, 0.2) is 299 Å². The van der Waals surface area contributed by atoms with E-state index in [1.807, 2.05) is 180 Å². The first-order chi connectivity index (χ1) is 69.0. The summed E-state index contributed by atoms with van der Waals surface area (Å²) < 4.78 is 22.1. The Morgan fingerprint density at radius 2 is 0.727 bits per heavy atom. The van der Waals surface area contributed by atoms with E-state index in [9.17, 15) is 38.7 Å². The van der Waals surface area contributed by atoms with E-state index in [-0.39, 0.29) is 39.3 Å². The molecule has 0 aliphatic heterocycles. The lowest BCUT2D eigenvalue weighted by Gasteiger charge is -2.11. The largest absolute Gasteiger partial charge is 0.496 e. The van der Waals surface area contributed by atoms with Gasteiger partial charge in [-0.3, -0.25) is 44.2 Å². The van der Waals surface area contributed by atoms with Crippen LogP contribution < -0.4 is 14.8 Å². The number of rotatable bonds is 29. The molecule has 0 unspecified atom stereocenters. The SMILES string of the molecule is CNC(=O)c1cnc(-c2cc(C(=O)O)ccn2)n1CCc1ccc(Cl)cc1.COc1cc(C)ccc1CCn1ccnc1-c1cc(C(=O)O)ccn1.COc1cc(Cl)ccc1CCn1ccnc1-c1cc(C(=O)O)ccn1.Cc1cc(Cl)ccc1CCn1ccnc1-c1cc(C(=O)O)ccn1.Cc1ccc(-n2ccnc2-c2cc(C(=O)O)ccn2)cc1.Cn1cc(-c2ccccn2)nc1-c1cc(C(=O)O)ccn1. The van der Waals surface area contributed by atoms with Crippen LogP contribution >= 0.6 is 34.8 Å². The zero-order chi connectivity index (χ0) is 102. The van der Waals surface area contributed by atoms with Crippen molar-refractivity contribution in [3.8, 4) is 97.7 Å². The predicted molar refractivity (Wildman–Crippen MR) is 536 cm³/mol. The molecule has 0 saturated heterocycles. The van der Waals surface area contributed by atoms with Crippen LogP contribution in [0.1, 0.15) is 112 Å². The predicted octanol–water partition coefficient (Wildman–Crippen LogP) is 18.7. The molecule has 724 valence electrons. The second kappa shape index (κ2) is 49.0. The summed E-state index contributed by atoms with van der Waals surface area (Å²) in [5, 5.41) is 59.3. The maximum atomic E-state index is 12.2. The van der Waals surface area contributed by atoms with E-state index in [4.69, 9.17) is 69.8 Å². The fourth-order valence-corrected chi connectivity index (χ4v) is 15.2. The number of methoxy groups -OCH3 is 2. The number of carboxylic acid groups (broad SMARTS) is 6. The summed E-state index contributed by atoms with van der Waals surface area (Å²) in [5.74, 6) is -1.07. The Morgan fingerprint density at radius 1 is 0.343 bits per heavy atom. The summed E-state index contributed by atoms with van der Waals surface area (Å²) in [6, 6.07) is 56.4. The molecule has 35 nitrogen and oxygen atoms in total. The first-order valence-electron chi connectivity index (χ1n) is 44.0.